The van der Waals surface area contributed by atoms with Crippen LogP contribution >= 0.6 is 0 Å². The summed E-state index contributed by atoms with van der Waals surface area (Å²) in [6, 6.07) is 0. The SMILES string of the molecule is [Br-].[C-]1=CC=CC1.[C-]1=CC=CC1.[H-].[Hf+4]. The predicted molar refractivity (Wildman–Crippen MR) is 44.3 cm³/mol. The van der Waals surface area contributed by atoms with Crippen LogP contribution in [0.15, 0.2) is 36.5 Å². The van der Waals surface area contributed by atoms with E-state index in [1.54, 1.807) is 0 Å². The molecule has 0 bridgehead atoms. The maximum absolute atomic E-state index is 2.99. The van der Waals surface area contributed by atoms with Gasteiger partial charge >= 0.3 is 25.8 Å². The molecule has 2 aliphatic rings. The summed E-state index contributed by atoms with van der Waals surface area (Å²) in [6.07, 6.45) is 20.0. The Morgan fingerprint density at radius 3 is 1.42 bits per heavy atom. The summed E-state index contributed by atoms with van der Waals surface area (Å²) in [6.45, 7) is 0. The Hall–Kier alpha value is 0.310. The molecule has 0 spiro atoms. The Morgan fingerprint density at radius 1 is 0.917 bits per heavy atom. The van der Waals surface area contributed by atoms with Crippen molar-refractivity contribution in [1.82, 2.24) is 0 Å². The Bertz CT molecular complexity index is 153. The van der Waals surface area contributed by atoms with E-state index in [0.717, 1.165) is 12.8 Å². The van der Waals surface area contributed by atoms with Crippen molar-refractivity contribution in [2.75, 3.05) is 0 Å². The normalized spacial score (nSPS) is 14.7. The van der Waals surface area contributed by atoms with Crippen molar-refractivity contribution in [2.45, 2.75) is 12.8 Å². The van der Waals surface area contributed by atoms with Gasteiger partial charge in [-0.1, -0.05) is 0 Å². The van der Waals surface area contributed by atoms with Gasteiger partial charge in [0.05, 0.1) is 0 Å². The molecule has 0 radical (unpaired) electrons. The number of rotatable bonds is 0. The maximum atomic E-state index is 2.99. The van der Waals surface area contributed by atoms with Crippen LogP contribution in [0.25, 0.3) is 0 Å². The third kappa shape index (κ3) is 8.41. The molecule has 12 heavy (non-hydrogen) atoms. The van der Waals surface area contributed by atoms with Crippen LogP contribution in [0.3, 0.4) is 0 Å². The topological polar surface area (TPSA) is 0 Å². The summed E-state index contributed by atoms with van der Waals surface area (Å²) in [4.78, 5) is 0. The standard InChI is InChI=1S/2C5H5.BrH.Hf.H/c2*1-2-4-5-3-1;;;/h2*1-3H,4H2;1H;;/q2*-1;;+4;-1/p-1. The van der Waals surface area contributed by atoms with Gasteiger partial charge in [0.1, 0.15) is 0 Å². The van der Waals surface area contributed by atoms with Crippen LogP contribution in [0.5, 0.6) is 0 Å². The zero-order valence-electron chi connectivity index (χ0n) is 7.76. The average Bonchev–Trinajstić information content (AvgIpc) is 2.67. The average molecular weight is 390 g/mol. The zero-order valence-corrected chi connectivity index (χ0v) is 11.9. The summed E-state index contributed by atoms with van der Waals surface area (Å²) >= 11 is 0. The molecule has 2 aliphatic carbocycles. The van der Waals surface area contributed by atoms with Crippen LogP contribution < -0.4 is 17.0 Å². The molecule has 0 nitrogen and oxygen atoms in total. The maximum Gasteiger partial charge on any atom is 4.00 e. The van der Waals surface area contributed by atoms with Crippen LogP contribution in [-0.4, -0.2) is 0 Å². The van der Waals surface area contributed by atoms with Gasteiger partial charge in [0, 0.05) is 0 Å². The van der Waals surface area contributed by atoms with Crippen molar-refractivity contribution < 1.29 is 44.3 Å². The third-order valence-corrected chi connectivity index (χ3v) is 1.17. The van der Waals surface area contributed by atoms with E-state index in [1.807, 2.05) is 24.3 Å². The fraction of sp³-hybridized carbons (Fsp3) is 0.200. The molecule has 0 saturated heterocycles. The van der Waals surface area contributed by atoms with Gasteiger partial charge in [0.2, 0.25) is 0 Å². The molecular weight excluding hydrogens is 379 g/mol. The number of hydrogen-bond donors (Lipinski definition) is 0. The van der Waals surface area contributed by atoms with Crippen molar-refractivity contribution in [1.29, 1.82) is 0 Å². The Kier molecular flexibility index (Phi) is 14.0. The second kappa shape index (κ2) is 11.3. The first-order valence-electron chi connectivity index (χ1n) is 3.43. The van der Waals surface area contributed by atoms with E-state index < -0.39 is 0 Å². The fourth-order valence-corrected chi connectivity index (χ4v) is 0.680. The van der Waals surface area contributed by atoms with Crippen LogP contribution in [0, 0.1) is 12.2 Å². The van der Waals surface area contributed by atoms with E-state index in [1.165, 1.54) is 0 Å². The fourth-order valence-electron chi connectivity index (χ4n) is 0.680. The minimum absolute atomic E-state index is 0. The van der Waals surface area contributed by atoms with Gasteiger partial charge in [0.15, 0.2) is 0 Å². The van der Waals surface area contributed by atoms with Crippen molar-refractivity contribution >= 4 is 0 Å². The van der Waals surface area contributed by atoms with Gasteiger partial charge in [-0.15, -0.1) is 12.8 Å². The van der Waals surface area contributed by atoms with E-state index in [9.17, 15) is 0 Å². The second-order valence-corrected chi connectivity index (χ2v) is 2.01. The number of hydrogen-bond acceptors (Lipinski definition) is 0. The molecule has 0 heterocycles. The summed E-state index contributed by atoms with van der Waals surface area (Å²) in [5.74, 6) is 0. The van der Waals surface area contributed by atoms with Gasteiger partial charge < -0.3 is 18.4 Å². The summed E-state index contributed by atoms with van der Waals surface area (Å²) in [5, 5.41) is 0. The first kappa shape index (κ1) is 14.8. The molecule has 0 fully saturated rings. The molecule has 0 N–H and O–H groups in total. The van der Waals surface area contributed by atoms with E-state index in [4.69, 9.17) is 0 Å². The minimum Gasteiger partial charge on any atom is -1.00 e. The summed E-state index contributed by atoms with van der Waals surface area (Å²) in [7, 11) is 0. The monoisotopic (exact) mass is 390 g/mol. The van der Waals surface area contributed by atoms with Crippen LogP contribution in [0.2, 0.25) is 0 Å². The van der Waals surface area contributed by atoms with Crippen LogP contribution in [0.4, 0.5) is 0 Å². The quantitative estimate of drug-likeness (QED) is 0.395. The molecule has 0 saturated carbocycles. The molecule has 2 rings (SSSR count). The van der Waals surface area contributed by atoms with Crippen molar-refractivity contribution in [3.8, 4) is 0 Å². The molecule has 0 aromatic carbocycles. The molecule has 0 aromatic heterocycles. The first-order valence-corrected chi connectivity index (χ1v) is 3.43. The molecule has 0 amide bonds. The van der Waals surface area contributed by atoms with Gasteiger partial charge in [-0.3, -0.25) is 12.2 Å². The summed E-state index contributed by atoms with van der Waals surface area (Å²) < 4.78 is 0. The van der Waals surface area contributed by atoms with Crippen molar-refractivity contribution in [2.24, 2.45) is 0 Å². The van der Waals surface area contributed by atoms with Gasteiger partial charge in [-0.05, 0) is 0 Å². The molecule has 0 atom stereocenters. The van der Waals surface area contributed by atoms with Gasteiger partial charge in [-0.2, -0.15) is 12.2 Å². The molecule has 2 heteroatoms. The summed E-state index contributed by atoms with van der Waals surface area (Å²) in [5.41, 5.74) is 0. The van der Waals surface area contributed by atoms with E-state index >= 15 is 0 Å². The predicted octanol–water partition coefficient (Wildman–Crippen LogP) is -0.275. The van der Waals surface area contributed by atoms with Gasteiger partial charge in [-0.25, -0.2) is 24.3 Å². The Labute approximate surface area is 105 Å². The number of allylic oxidation sites excluding steroid dienone is 8. The Balaban J connectivity index is -0.000000125. The molecule has 0 unspecified atom stereocenters. The first-order chi connectivity index (χ1) is 5.00. The number of halogens is 1. The van der Waals surface area contributed by atoms with Crippen LogP contribution in [0.1, 0.15) is 14.3 Å². The zero-order chi connectivity index (χ0) is 7.07. The minimum atomic E-state index is 0. The van der Waals surface area contributed by atoms with E-state index in [2.05, 4.69) is 24.3 Å². The third-order valence-electron chi connectivity index (χ3n) is 1.17. The molecule has 0 aliphatic heterocycles. The largest absolute Gasteiger partial charge is 4.00 e. The smallest absolute Gasteiger partial charge is 1.00 e. The van der Waals surface area contributed by atoms with Crippen molar-refractivity contribution in [3.05, 3.63) is 48.6 Å². The van der Waals surface area contributed by atoms with E-state index in [-0.39, 0.29) is 44.3 Å². The molecular formula is C10H11BrHf. The molecule has 0 aromatic rings. The van der Waals surface area contributed by atoms with Gasteiger partial charge in [0.25, 0.3) is 0 Å². The van der Waals surface area contributed by atoms with E-state index in [0.29, 0.717) is 0 Å². The van der Waals surface area contributed by atoms with Crippen molar-refractivity contribution in [3.63, 3.8) is 0 Å². The van der Waals surface area contributed by atoms with Crippen LogP contribution in [-0.2, 0) is 25.8 Å². The molecule has 62 valence electrons. The Morgan fingerprint density at radius 2 is 1.33 bits per heavy atom. The second-order valence-electron chi connectivity index (χ2n) is 2.01.